The standard InChI is InChI=1S/C15H23BrN2/c1-11(17)15(13-8-3-4-9-14(13)16)18(2)10-12-6-5-7-12/h3-4,8-9,11-12,15H,5-7,10,17H2,1-2H3. The molecule has 3 heteroatoms. The number of hydrogen-bond donors (Lipinski definition) is 1. The summed E-state index contributed by atoms with van der Waals surface area (Å²) < 4.78 is 1.16. The molecule has 2 atom stereocenters. The molecule has 0 saturated heterocycles. The number of halogens is 1. The molecule has 0 amide bonds. The highest BCUT2D eigenvalue weighted by Gasteiger charge is 2.27. The van der Waals surface area contributed by atoms with Crippen LogP contribution in [0.1, 0.15) is 37.8 Å². The van der Waals surface area contributed by atoms with E-state index in [2.05, 4.69) is 59.1 Å². The van der Waals surface area contributed by atoms with Crippen molar-refractivity contribution < 1.29 is 0 Å². The first-order valence-electron chi connectivity index (χ1n) is 6.80. The maximum Gasteiger partial charge on any atom is 0.0504 e. The fraction of sp³-hybridized carbons (Fsp3) is 0.600. The number of nitrogens with zero attached hydrogens (tertiary/aromatic N) is 1. The summed E-state index contributed by atoms with van der Waals surface area (Å²) in [5.41, 5.74) is 7.51. The summed E-state index contributed by atoms with van der Waals surface area (Å²) in [5, 5.41) is 0. The molecule has 1 saturated carbocycles. The predicted octanol–water partition coefficient (Wildman–Crippen LogP) is 3.57. The minimum absolute atomic E-state index is 0.133. The number of likely N-dealkylation sites (N-methyl/N-ethyl adjacent to an activating group) is 1. The molecule has 0 spiro atoms. The van der Waals surface area contributed by atoms with Crippen LogP contribution in [0, 0.1) is 5.92 Å². The first-order valence-corrected chi connectivity index (χ1v) is 7.59. The average Bonchev–Trinajstić information content (AvgIpc) is 2.26. The van der Waals surface area contributed by atoms with Gasteiger partial charge in [-0.1, -0.05) is 40.5 Å². The molecule has 1 fully saturated rings. The molecule has 2 rings (SSSR count). The van der Waals surface area contributed by atoms with Crippen molar-refractivity contribution in [2.45, 2.75) is 38.3 Å². The van der Waals surface area contributed by atoms with Crippen molar-refractivity contribution in [1.29, 1.82) is 0 Å². The highest BCUT2D eigenvalue weighted by atomic mass is 79.9. The molecule has 0 aliphatic heterocycles. The Morgan fingerprint density at radius 3 is 2.56 bits per heavy atom. The van der Waals surface area contributed by atoms with Gasteiger partial charge < -0.3 is 5.73 Å². The van der Waals surface area contributed by atoms with Crippen molar-refractivity contribution in [3.8, 4) is 0 Å². The van der Waals surface area contributed by atoms with Crippen LogP contribution >= 0.6 is 15.9 Å². The van der Waals surface area contributed by atoms with E-state index >= 15 is 0 Å². The van der Waals surface area contributed by atoms with Crippen LogP contribution in [0.15, 0.2) is 28.7 Å². The maximum atomic E-state index is 6.21. The van der Waals surface area contributed by atoms with E-state index in [1.165, 1.54) is 24.8 Å². The van der Waals surface area contributed by atoms with Crippen LogP contribution in [0.25, 0.3) is 0 Å². The van der Waals surface area contributed by atoms with Crippen molar-refractivity contribution in [2.75, 3.05) is 13.6 Å². The second-order valence-electron chi connectivity index (χ2n) is 5.56. The van der Waals surface area contributed by atoms with Crippen molar-refractivity contribution in [3.05, 3.63) is 34.3 Å². The Morgan fingerprint density at radius 2 is 2.06 bits per heavy atom. The lowest BCUT2D eigenvalue weighted by Gasteiger charge is -2.37. The van der Waals surface area contributed by atoms with Crippen LogP contribution in [0.4, 0.5) is 0 Å². The lowest BCUT2D eigenvalue weighted by atomic mass is 9.84. The van der Waals surface area contributed by atoms with Gasteiger partial charge in [-0.3, -0.25) is 4.90 Å². The van der Waals surface area contributed by atoms with Crippen molar-refractivity contribution in [1.82, 2.24) is 4.90 Å². The average molecular weight is 311 g/mol. The van der Waals surface area contributed by atoms with Gasteiger partial charge in [-0.15, -0.1) is 0 Å². The number of benzene rings is 1. The van der Waals surface area contributed by atoms with E-state index in [0.717, 1.165) is 16.9 Å². The second-order valence-corrected chi connectivity index (χ2v) is 6.42. The predicted molar refractivity (Wildman–Crippen MR) is 80.5 cm³/mol. The van der Waals surface area contributed by atoms with E-state index < -0.39 is 0 Å². The van der Waals surface area contributed by atoms with Crippen molar-refractivity contribution >= 4 is 15.9 Å². The Kier molecular flexibility index (Phi) is 4.82. The minimum Gasteiger partial charge on any atom is -0.326 e. The second kappa shape index (κ2) is 6.18. The Morgan fingerprint density at radius 1 is 1.39 bits per heavy atom. The van der Waals surface area contributed by atoms with Gasteiger partial charge in [0.2, 0.25) is 0 Å². The molecule has 1 aromatic rings. The molecular weight excluding hydrogens is 288 g/mol. The normalized spacial score (nSPS) is 19.6. The van der Waals surface area contributed by atoms with E-state index in [1.807, 2.05) is 0 Å². The molecule has 1 aliphatic carbocycles. The summed E-state index contributed by atoms with van der Waals surface area (Å²) in [6.07, 6.45) is 4.16. The van der Waals surface area contributed by atoms with Gasteiger partial charge in [-0.2, -0.15) is 0 Å². The maximum absolute atomic E-state index is 6.21. The zero-order valence-electron chi connectivity index (χ0n) is 11.3. The fourth-order valence-corrected chi connectivity index (χ4v) is 3.35. The third-order valence-corrected chi connectivity index (χ3v) is 4.69. The SMILES string of the molecule is CC(N)C(c1ccccc1Br)N(C)CC1CCC1. The molecule has 0 aromatic heterocycles. The minimum atomic E-state index is 0.133. The van der Waals surface area contributed by atoms with E-state index in [4.69, 9.17) is 5.73 Å². The Hall–Kier alpha value is -0.380. The summed E-state index contributed by atoms with van der Waals surface area (Å²) >= 11 is 3.65. The van der Waals surface area contributed by atoms with Crippen LogP contribution in [-0.2, 0) is 0 Å². The zero-order valence-corrected chi connectivity index (χ0v) is 12.9. The van der Waals surface area contributed by atoms with Gasteiger partial charge >= 0.3 is 0 Å². The van der Waals surface area contributed by atoms with Crippen LogP contribution in [0.5, 0.6) is 0 Å². The fourth-order valence-electron chi connectivity index (χ4n) is 2.83. The van der Waals surface area contributed by atoms with E-state index in [1.54, 1.807) is 0 Å². The van der Waals surface area contributed by atoms with Gasteiger partial charge in [-0.25, -0.2) is 0 Å². The van der Waals surface area contributed by atoms with E-state index in [-0.39, 0.29) is 6.04 Å². The largest absolute Gasteiger partial charge is 0.326 e. The molecule has 2 nitrogen and oxygen atoms in total. The van der Waals surface area contributed by atoms with Crippen LogP contribution in [-0.4, -0.2) is 24.5 Å². The molecule has 2 unspecified atom stereocenters. The van der Waals surface area contributed by atoms with Crippen molar-refractivity contribution in [2.24, 2.45) is 11.7 Å². The van der Waals surface area contributed by atoms with Gasteiger partial charge in [0.15, 0.2) is 0 Å². The number of hydrogen-bond acceptors (Lipinski definition) is 2. The Labute approximate surface area is 119 Å². The molecule has 18 heavy (non-hydrogen) atoms. The summed E-state index contributed by atoms with van der Waals surface area (Å²) in [5.74, 6) is 0.874. The molecule has 2 N–H and O–H groups in total. The van der Waals surface area contributed by atoms with E-state index in [9.17, 15) is 0 Å². The number of nitrogens with two attached hydrogens (primary N) is 1. The molecule has 0 heterocycles. The van der Waals surface area contributed by atoms with Gasteiger partial charge in [0.25, 0.3) is 0 Å². The van der Waals surface area contributed by atoms with Gasteiger partial charge in [-0.05, 0) is 44.4 Å². The summed E-state index contributed by atoms with van der Waals surface area (Å²) in [6, 6.07) is 8.84. The highest BCUT2D eigenvalue weighted by Crippen LogP contribution is 2.33. The molecule has 0 bridgehead atoms. The zero-order chi connectivity index (χ0) is 13.1. The smallest absolute Gasteiger partial charge is 0.0504 e. The topological polar surface area (TPSA) is 29.3 Å². The molecule has 0 radical (unpaired) electrons. The first-order chi connectivity index (χ1) is 8.59. The summed E-state index contributed by atoms with van der Waals surface area (Å²) in [4.78, 5) is 2.43. The highest BCUT2D eigenvalue weighted by molar-refractivity contribution is 9.10. The number of rotatable bonds is 5. The van der Waals surface area contributed by atoms with Gasteiger partial charge in [0.1, 0.15) is 0 Å². The Bertz CT molecular complexity index is 388. The third kappa shape index (κ3) is 3.14. The van der Waals surface area contributed by atoms with Crippen molar-refractivity contribution in [3.63, 3.8) is 0 Å². The summed E-state index contributed by atoms with van der Waals surface area (Å²) in [6.45, 7) is 3.26. The first kappa shape index (κ1) is 14.0. The molecular formula is C15H23BrN2. The van der Waals surface area contributed by atoms with Crippen LogP contribution in [0.3, 0.4) is 0 Å². The molecule has 100 valence electrons. The lowest BCUT2D eigenvalue weighted by Crippen LogP contribution is -2.40. The van der Waals surface area contributed by atoms with Crippen LogP contribution < -0.4 is 5.73 Å². The monoisotopic (exact) mass is 310 g/mol. The van der Waals surface area contributed by atoms with E-state index in [0.29, 0.717) is 6.04 Å². The third-order valence-electron chi connectivity index (χ3n) is 3.97. The van der Waals surface area contributed by atoms with Crippen LogP contribution in [0.2, 0.25) is 0 Å². The van der Waals surface area contributed by atoms with Gasteiger partial charge in [0, 0.05) is 17.1 Å². The lowest BCUT2D eigenvalue weighted by molar-refractivity contribution is 0.148. The Balaban J connectivity index is 2.14. The molecule has 1 aromatic carbocycles. The molecule has 1 aliphatic rings. The quantitative estimate of drug-likeness (QED) is 0.901. The van der Waals surface area contributed by atoms with Gasteiger partial charge in [0.05, 0.1) is 6.04 Å². The summed E-state index contributed by atoms with van der Waals surface area (Å²) in [7, 11) is 2.20.